The molecule has 0 saturated heterocycles. The largest absolute Gasteiger partial charge is 0.416 e. The molecule has 18 heavy (non-hydrogen) atoms. The van der Waals surface area contributed by atoms with Crippen LogP contribution in [0.15, 0.2) is 24.3 Å². The van der Waals surface area contributed by atoms with E-state index in [0.717, 1.165) is 12.1 Å². The Hall–Kier alpha value is -1.08. The van der Waals surface area contributed by atoms with Gasteiger partial charge in [-0.15, -0.1) is 0 Å². The van der Waals surface area contributed by atoms with E-state index < -0.39 is 28.6 Å². The van der Waals surface area contributed by atoms with E-state index in [1.165, 1.54) is 12.1 Å². The number of halogens is 4. The van der Waals surface area contributed by atoms with Gasteiger partial charge in [0.25, 0.3) is 0 Å². The second-order valence-electron chi connectivity index (χ2n) is 3.74. The van der Waals surface area contributed by atoms with E-state index >= 15 is 0 Å². The molecule has 1 amide bonds. The van der Waals surface area contributed by atoms with Gasteiger partial charge in [0.1, 0.15) is 6.10 Å². The molecule has 0 bridgehead atoms. The van der Waals surface area contributed by atoms with Crippen molar-refractivity contribution in [3.63, 3.8) is 0 Å². The maximum absolute atomic E-state index is 12.5. The molecular weight excluding hydrogens is 315 g/mol. The van der Waals surface area contributed by atoms with Crippen LogP contribution >= 0.6 is 15.9 Å². The van der Waals surface area contributed by atoms with Gasteiger partial charge in [-0.3, -0.25) is 4.79 Å². The molecule has 3 nitrogen and oxygen atoms in total. The number of hydrogen-bond donors (Lipinski definition) is 2. The number of aliphatic hydroxyl groups is 1. The Balaban J connectivity index is 2.87. The van der Waals surface area contributed by atoms with Crippen molar-refractivity contribution in [2.75, 3.05) is 0 Å². The van der Waals surface area contributed by atoms with Crippen molar-refractivity contribution in [3.8, 4) is 0 Å². The van der Waals surface area contributed by atoms with Crippen LogP contribution in [0.1, 0.15) is 22.4 Å². The maximum Gasteiger partial charge on any atom is 0.416 e. The predicted octanol–water partition coefficient (Wildman–Crippen LogP) is 2.38. The Morgan fingerprint density at radius 3 is 2.56 bits per heavy atom. The van der Waals surface area contributed by atoms with Crippen LogP contribution in [0.3, 0.4) is 0 Å². The quantitative estimate of drug-likeness (QED) is 0.835. The summed E-state index contributed by atoms with van der Waals surface area (Å²) in [6.07, 6.45) is -5.91. The Bertz CT molecular complexity index is 437. The molecular formula is C11H11BrF3NO2. The van der Waals surface area contributed by atoms with Crippen LogP contribution in [0.2, 0.25) is 0 Å². The summed E-state index contributed by atoms with van der Waals surface area (Å²) in [5.41, 5.74) is 4.42. The SMILES string of the molecule is NC(=O)C(O)CC(Br)c1cccc(C(F)(F)F)c1. The van der Waals surface area contributed by atoms with Crippen molar-refractivity contribution in [2.24, 2.45) is 5.73 Å². The third kappa shape index (κ3) is 3.99. The molecule has 2 atom stereocenters. The molecule has 1 rings (SSSR count). The highest BCUT2D eigenvalue weighted by atomic mass is 79.9. The molecule has 0 aliphatic carbocycles. The highest BCUT2D eigenvalue weighted by Crippen LogP contribution is 2.34. The lowest BCUT2D eigenvalue weighted by molar-refractivity contribution is -0.137. The lowest BCUT2D eigenvalue weighted by Gasteiger charge is -2.15. The second-order valence-corrected chi connectivity index (χ2v) is 4.85. The minimum absolute atomic E-state index is 0.0867. The summed E-state index contributed by atoms with van der Waals surface area (Å²) in [6, 6.07) is 4.66. The monoisotopic (exact) mass is 325 g/mol. The third-order valence-corrected chi connectivity index (χ3v) is 3.24. The molecule has 3 N–H and O–H groups in total. The number of alkyl halides is 4. The van der Waals surface area contributed by atoms with Crippen LogP contribution in [0, 0.1) is 0 Å². The van der Waals surface area contributed by atoms with Crippen LogP contribution in [-0.4, -0.2) is 17.1 Å². The summed E-state index contributed by atoms with van der Waals surface area (Å²) in [7, 11) is 0. The summed E-state index contributed by atoms with van der Waals surface area (Å²) in [5, 5.41) is 9.26. The normalized spacial score (nSPS) is 15.2. The van der Waals surface area contributed by atoms with Crippen LogP contribution in [0.4, 0.5) is 13.2 Å². The van der Waals surface area contributed by atoms with Crippen molar-refractivity contribution in [1.29, 1.82) is 0 Å². The van der Waals surface area contributed by atoms with Crippen molar-refractivity contribution in [3.05, 3.63) is 35.4 Å². The van der Waals surface area contributed by atoms with Gasteiger partial charge in [-0.25, -0.2) is 0 Å². The molecule has 0 saturated carbocycles. The highest BCUT2D eigenvalue weighted by molar-refractivity contribution is 9.09. The Morgan fingerprint density at radius 1 is 1.44 bits per heavy atom. The number of nitrogens with two attached hydrogens (primary N) is 1. The molecule has 100 valence electrons. The van der Waals surface area contributed by atoms with Crippen molar-refractivity contribution < 1.29 is 23.1 Å². The minimum atomic E-state index is -4.43. The molecule has 0 aliphatic heterocycles. The fraction of sp³-hybridized carbons (Fsp3) is 0.364. The third-order valence-electron chi connectivity index (χ3n) is 2.33. The van der Waals surface area contributed by atoms with E-state index in [-0.39, 0.29) is 6.42 Å². The van der Waals surface area contributed by atoms with Crippen LogP contribution in [0.5, 0.6) is 0 Å². The smallest absolute Gasteiger partial charge is 0.383 e. The average molecular weight is 326 g/mol. The molecule has 0 aromatic heterocycles. The van der Waals surface area contributed by atoms with E-state index in [2.05, 4.69) is 15.9 Å². The van der Waals surface area contributed by atoms with Crippen molar-refractivity contribution >= 4 is 21.8 Å². The van der Waals surface area contributed by atoms with E-state index in [1.54, 1.807) is 0 Å². The predicted molar refractivity (Wildman–Crippen MR) is 62.9 cm³/mol. The minimum Gasteiger partial charge on any atom is -0.383 e. The van der Waals surface area contributed by atoms with E-state index in [4.69, 9.17) is 5.73 Å². The summed E-state index contributed by atoms with van der Waals surface area (Å²) >= 11 is 3.12. The summed E-state index contributed by atoms with van der Waals surface area (Å²) in [5.74, 6) is -0.911. The molecule has 0 spiro atoms. The molecule has 0 aliphatic rings. The molecule has 0 fully saturated rings. The van der Waals surface area contributed by atoms with Gasteiger partial charge in [0.05, 0.1) is 5.56 Å². The lowest BCUT2D eigenvalue weighted by Crippen LogP contribution is -2.29. The van der Waals surface area contributed by atoms with Gasteiger partial charge < -0.3 is 10.8 Å². The summed E-state index contributed by atoms with van der Waals surface area (Å²) in [4.78, 5) is 10.1. The first kappa shape index (κ1) is 15.0. The zero-order valence-corrected chi connectivity index (χ0v) is 10.7. The fourth-order valence-electron chi connectivity index (χ4n) is 1.36. The Labute approximate surface area is 110 Å². The lowest BCUT2D eigenvalue weighted by atomic mass is 10.0. The van der Waals surface area contributed by atoms with E-state index in [0.29, 0.717) is 5.56 Å². The molecule has 7 heteroatoms. The van der Waals surface area contributed by atoms with Gasteiger partial charge in [-0.1, -0.05) is 34.1 Å². The number of hydrogen-bond acceptors (Lipinski definition) is 2. The van der Waals surface area contributed by atoms with Gasteiger partial charge in [0.2, 0.25) is 5.91 Å². The number of benzene rings is 1. The molecule has 1 aromatic rings. The molecule has 0 radical (unpaired) electrons. The number of primary amides is 1. The van der Waals surface area contributed by atoms with Crippen LogP contribution in [0.25, 0.3) is 0 Å². The number of carbonyl (C=O) groups is 1. The van der Waals surface area contributed by atoms with E-state index in [1.807, 2.05) is 0 Å². The first-order chi connectivity index (χ1) is 8.21. The number of rotatable bonds is 4. The average Bonchev–Trinajstić information content (AvgIpc) is 2.27. The van der Waals surface area contributed by atoms with Gasteiger partial charge in [0, 0.05) is 4.83 Å². The van der Waals surface area contributed by atoms with Gasteiger partial charge >= 0.3 is 6.18 Å². The zero-order chi connectivity index (χ0) is 13.9. The van der Waals surface area contributed by atoms with E-state index in [9.17, 15) is 23.1 Å². The zero-order valence-electron chi connectivity index (χ0n) is 9.12. The van der Waals surface area contributed by atoms with Crippen molar-refractivity contribution in [2.45, 2.75) is 23.5 Å². The Morgan fingerprint density at radius 2 is 2.06 bits per heavy atom. The number of amides is 1. The summed E-state index contributed by atoms with van der Waals surface area (Å²) < 4.78 is 37.4. The first-order valence-electron chi connectivity index (χ1n) is 5.00. The fourth-order valence-corrected chi connectivity index (χ4v) is 2.00. The topological polar surface area (TPSA) is 63.3 Å². The van der Waals surface area contributed by atoms with Crippen LogP contribution < -0.4 is 5.73 Å². The Kier molecular flexibility index (Phi) is 4.75. The van der Waals surface area contributed by atoms with Gasteiger partial charge in [0.15, 0.2) is 0 Å². The molecule has 1 aromatic carbocycles. The standard InChI is InChI=1S/C11H11BrF3NO2/c12-8(5-9(17)10(16)18)6-2-1-3-7(4-6)11(13,14)15/h1-4,8-9,17H,5H2,(H2,16,18). The molecule has 0 heterocycles. The molecule has 2 unspecified atom stereocenters. The number of aliphatic hydroxyl groups excluding tert-OH is 1. The van der Waals surface area contributed by atoms with Gasteiger partial charge in [-0.05, 0) is 18.1 Å². The maximum atomic E-state index is 12.5. The van der Waals surface area contributed by atoms with Crippen molar-refractivity contribution in [1.82, 2.24) is 0 Å². The second kappa shape index (κ2) is 5.71. The highest BCUT2D eigenvalue weighted by Gasteiger charge is 2.31. The number of carbonyl (C=O) groups excluding carboxylic acids is 1. The summed E-state index contributed by atoms with van der Waals surface area (Å²) in [6.45, 7) is 0. The van der Waals surface area contributed by atoms with Crippen LogP contribution in [-0.2, 0) is 11.0 Å². The first-order valence-corrected chi connectivity index (χ1v) is 5.92. The van der Waals surface area contributed by atoms with Gasteiger partial charge in [-0.2, -0.15) is 13.2 Å².